The quantitative estimate of drug-likeness (QED) is 0.825. The van der Waals surface area contributed by atoms with E-state index in [1.165, 1.54) is 30.9 Å². The number of benzene rings is 2. The molecule has 0 saturated heterocycles. The van der Waals surface area contributed by atoms with Gasteiger partial charge in [0.1, 0.15) is 0 Å². The molecule has 0 heterocycles. The number of ether oxygens (including phenoxy) is 1. The zero-order chi connectivity index (χ0) is 16.7. The Bertz CT molecular complexity index is 683. The first-order chi connectivity index (χ1) is 11.1. The van der Waals surface area contributed by atoms with Gasteiger partial charge in [0.15, 0.2) is 11.6 Å². The van der Waals surface area contributed by atoms with Crippen molar-refractivity contribution in [1.82, 2.24) is 5.32 Å². The van der Waals surface area contributed by atoms with Crippen molar-refractivity contribution in [2.24, 2.45) is 0 Å². The van der Waals surface area contributed by atoms with E-state index in [0.717, 1.165) is 0 Å². The molecule has 1 amide bonds. The Kier molecular flexibility index (Phi) is 5.92. The highest BCUT2D eigenvalue weighted by Gasteiger charge is 2.06. The average molecular weight is 313 g/mol. The molecule has 0 aliphatic heterocycles. The van der Waals surface area contributed by atoms with Crippen LogP contribution in [-0.2, 0) is 4.79 Å². The molecule has 0 fully saturated rings. The first-order valence-electron chi connectivity index (χ1n) is 7.44. The van der Waals surface area contributed by atoms with Crippen molar-refractivity contribution in [1.29, 1.82) is 0 Å². The lowest BCUT2D eigenvalue weighted by atomic mass is 10.0. The van der Waals surface area contributed by atoms with Crippen LogP contribution in [-0.4, -0.2) is 19.6 Å². The molecule has 2 aromatic rings. The summed E-state index contributed by atoms with van der Waals surface area (Å²) in [5.74, 6) is -0.243. The molecule has 0 aliphatic carbocycles. The summed E-state index contributed by atoms with van der Waals surface area (Å²) < 4.78 is 18.4. The van der Waals surface area contributed by atoms with Gasteiger partial charge in [-0.3, -0.25) is 4.79 Å². The molecule has 23 heavy (non-hydrogen) atoms. The number of rotatable bonds is 6. The lowest BCUT2D eigenvalue weighted by Gasteiger charge is -2.11. The third-order valence-corrected chi connectivity index (χ3v) is 3.55. The molecule has 0 saturated carbocycles. The van der Waals surface area contributed by atoms with Gasteiger partial charge < -0.3 is 10.1 Å². The van der Waals surface area contributed by atoms with E-state index < -0.39 is 5.82 Å². The molecule has 2 rings (SSSR count). The molecule has 120 valence electrons. The molecule has 1 atom stereocenters. The van der Waals surface area contributed by atoms with Gasteiger partial charge in [-0.15, -0.1) is 0 Å². The predicted octanol–water partition coefficient (Wildman–Crippen LogP) is 3.77. The minimum absolute atomic E-state index is 0.184. The molecule has 0 aliphatic rings. The highest BCUT2D eigenvalue weighted by atomic mass is 19.1. The van der Waals surface area contributed by atoms with E-state index in [1.54, 1.807) is 12.1 Å². The molecular weight excluding hydrogens is 293 g/mol. The fraction of sp³-hybridized carbons (Fsp3) is 0.211. The lowest BCUT2D eigenvalue weighted by molar-refractivity contribution is -0.116. The van der Waals surface area contributed by atoms with Crippen LogP contribution in [0.2, 0.25) is 0 Å². The van der Waals surface area contributed by atoms with Crippen molar-refractivity contribution in [3.05, 3.63) is 71.6 Å². The maximum Gasteiger partial charge on any atom is 0.244 e. The van der Waals surface area contributed by atoms with Crippen LogP contribution in [0, 0.1) is 5.82 Å². The molecule has 1 N–H and O–H groups in total. The first-order valence-corrected chi connectivity index (χ1v) is 7.44. The molecule has 0 radical (unpaired) electrons. The Hall–Kier alpha value is -2.62. The predicted molar refractivity (Wildman–Crippen MR) is 89.9 cm³/mol. The fourth-order valence-electron chi connectivity index (χ4n) is 2.17. The number of carbonyl (C=O) groups excluding carboxylic acids is 1. The summed E-state index contributed by atoms with van der Waals surface area (Å²) in [5, 5.41) is 2.84. The zero-order valence-electron chi connectivity index (χ0n) is 13.3. The van der Waals surface area contributed by atoms with E-state index in [1.807, 2.05) is 30.3 Å². The second kappa shape index (κ2) is 8.13. The third-order valence-electron chi connectivity index (χ3n) is 3.55. The lowest BCUT2D eigenvalue weighted by Crippen LogP contribution is -2.25. The summed E-state index contributed by atoms with van der Waals surface area (Å²) in [6, 6.07) is 14.5. The summed E-state index contributed by atoms with van der Waals surface area (Å²) >= 11 is 0. The van der Waals surface area contributed by atoms with Gasteiger partial charge in [-0.2, -0.15) is 0 Å². The van der Waals surface area contributed by atoms with E-state index in [4.69, 9.17) is 4.74 Å². The molecule has 0 spiro atoms. The Morgan fingerprint density at radius 2 is 2.00 bits per heavy atom. The van der Waals surface area contributed by atoms with Crippen LogP contribution in [0.3, 0.4) is 0 Å². The number of hydrogen-bond donors (Lipinski definition) is 1. The third kappa shape index (κ3) is 4.95. The van der Waals surface area contributed by atoms with Crippen molar-refractivity contribution in [3.8, 4) is 5.75 Å². The number of carbonyl (C=O) groups is 1. The smallest absolute Gasteiger partial charge is 0.244 e. The van der Waals surface area contributed by atoms with Crippen LogP contribution in [0.15, 0.2) is 54.6 Å². The minimum atomic E-state index is -0.451. The number of nitrogens with one attached hydrogen (secondary N) is 1. The number of amides is 1. The van der Waals surface area contributed by atoms with Crippen molar-refractivity contribution >= 4 is 12.0 Å². The van der Waals surface area contributed by atoms with Gasteiger partial charge in [0.05, 0.1) is 7.11 Å². The fourth-order valence-corrected chi connectivity index (χ4v) is 2.17. The van der Waals surface area contributed by atoms with Gasteiger partial charge in [-0.05, 0) is 35.3 Å². The maximum absolute atomic E-state index is 13.6. The minimum Gasteiger partial charge on any atom is -0.494 e. The monoisotopic (exact) mass is 313 g/mol. The Balaban J connectivity index is 1.88. The second-order valence-corrected chi connectivity index (χ2v) is 5.28. The Morgan fingerprint density at radius 1 is 1.26 bits per heavy atom. The summed E-state index contributed by atoms with van der Waals surface area (Å²) in [5.41, 5.74) is 1.78. The number of hydrogen-bond acceptors (Lipinski definition) is 2. The highest BCUT2D eigenvalue weighted by Crippen LogP contribution is 2.18. The van der Waals surface area contributed by atoms with E-state index in [0.29, 0.717) is 12.1 Å². The maximum atomic E-state index is 13.6. The van der Waals surface area contributed by atoms with E-state index in [9.17, 15) is 9.18 Å². The normalized spacial score (nSPS) is 12.1. The van der Waals surface area contributed by atoms with Gasteiger partial charge in [0.25, 0.3) is 0 Å². The molecule has 1 unspecified atom stereocenters. The van der Waals surface area contributed by atoms with Crippen LogP contribution in [0.25, 0.3) is 6.08 Å². The zero-order valence-corrected chi connectivity index (χ0v) is 13.3. The second-order valence-electron chi connectivity index (χ2n) is 5.28. The number of methoxy groups -OCH3 is 1. The SMILES string of the molecule is COc1ccc(/C=C/C(=O)NCC(C)c2ccccc2)cc1F. The standard InChI is InChI=1S/C19H20FNO2/c1-14(16-6-4-3-5-7-16)13-21-19(22)11-9-15-8-10-18(23-2)17(20)12-15/h3-12,14H,13H2,1-2H3,(H,21,22)/b11-9+. The van der Waals surface area contributed by atoms with Crippen LogP contribution in [0.4, 0.5) is 4.39 Å². The van der Waals surface area contributed by atoms with Gasteiger partial charge in [-0.25, -0.2) is 4.39 Å². The molecule has 0 aromatic heterocycles. The highest BCUT2D eigenvalue weighted by molar-refractivity contribution is 5.91. The van der Waals surface area contributed by atoms with Crippen molar-refractivity contribution < 1.29 is 13.9 Å². The van der Waals surface area contributed by atoms with Gasteiger partial charge in [0.2, 0.25) is 5.91 Å². The van der Waals surface area contributed by atoms with Crippen molar-refractivity contribution in [3.63, 3.8) is 0 Å². The topological polar surface area (TPSA) is 38.3 Å². The molecule has 0 bridgehead atoms. The Morgan fingerprint density at radius 3 is 2.65 bits per heavy atom. The first kappa shape index (κ1) is 16.7. The van der Waals surface area contributed by atoms with Gasteiger partial charge >= 0.3 is 0 Å². The molecule has 4 heteroatoms. The largest absolute Gasteiger partial charge is 0.494 e. The summed E-state index contributed by atoms with van der Waals surface area (Å²) in [6.07, 6.45) is 2.98. The van der Waals surface area contributed by atoms with Crippen LogP contribution < -0.4 is 10.1 Å². The van der Waals surface area contributed by atoms with Crippen LogP contribution >= 0.6 is 0 Å². The van der Waals surface area contributed by atoms with Gasteiger partial charge in [0, 0.05) is 12.6 Å². The summed E-state index contributed by atoms with van der Waals surface area (Å²) in [6.45, 7) is 2.60. The van der Waals surface area contributed by atoms with Crippen molar-refractivity contribution in [2.45, 2.75) is 12.8 Å². The molecular formula is C19H20FNO2. The Labute approximate surface area is 135 Å². The van der Waals surface area contributed by atoms with E-state index in [2.05, 4.69) is 12.2 Å². The average Bonchev–Trinajstić information content (AvgIpc) is 2.58. The van der Waals surface area contributed by atoms with Crippen molar-refractivity contribution in [2.75, 3.05) is 13.7 Å². The molecule has 3 nitrogen and oxygen atoms in total. The molecule has 2 aromatic carbocycles. The summed E-state index contributed by atoms with van der Waals surface area (Å²) in [7, 11) is 1.41. The van der Waals surface area contributed by atoms with Crippen LogP contribution in [0.5, 0.6) is 5.75 Å². The number of halogens is 1. The summed E-state index contributed by atoms with van der Waals surface area (Å²) in [4.78, 5) is 11.8. The van der Waals surface area contributed by atoms with E-state index in [-0.39, 0.29) is 17.6 Å². The van der Waals surface area contributed by atoms with Gasteiger partial charge in [-0.1, -0.05) is 43.3 Å². The van der Waals surface area contributed by atoms with E-state index >= 15 is 0 Å². The van der Waals surface area contributed by atoms with Crippen LogP contribution in [0.1, 0.15) is 24.0 Å².